The van der Waals surface area contributed by atoms with Crippen LogP contribution in [-0.2, 0) is 10.2 Å². The van der Waals surface area contributed by atoms with Crippen molar-refractivity contribution in [3.8, 4) is 6.07 Å². The molecule has 9 heteroatoms. The second-order valence-electron chi connectivity index (χ2n) is 6.61. The zero-order valence-corrected chi connectivity index (χ0v) is 14.9. The van der Waals surface area contributed by atoms with Crippen LogP contribution in [0.15, 0.2) is 46.6 Å². The number of halogens is 3. The zero-order valence-electron chi connectivity index (χ0n) is 14.9. The van der Waals surface area contributed by atoms with Gasteiger partial charge in [0.1, 0.15) is 11.5 Å². The van der Waals surface area contributed by atoms with Crippen LogP contribution in [0.25, 0.3) is 4.85 Å². The van der Waals surface area contributed by atoms with Crippen molar-refractivity contribution in [3.05, 3.63) is 58.6 Å². The second-order valence-corrected chi connectivity index (χ2v) is 6.61. The van der Waals surface area contributed by atoms with Gasteiger partial charge in [-0.1, -0.05) is 6.07 Å². The number of hydrogen-bond donors (Lipinski definition) is 1. The van der Waals surface area contributed by atoms with Crippen molar-refractivity contribution in [2.75, 3.05) is 6.61 Å². The summed E-state index contributed by atoms with van der Waals surface area (Å²) in [6, 6.07) is 5.53. The Hall–Kier alpha value is -3.14. The van der Waals surface area contributed by atoms with Gasteiger partial charge in [0.25, 0.3) is 0 Å². The summed E-state index contributed by atoms with van der Waals surface area (Å²) in [6.45, 7) is 9.57. The fraction of sp³-hybridized carbons (Fsp3) is 0.316. The highest BCUT2D eigenvalue weighted by atomic mass is 19.4. The molecule has 0 amide bonds. The first-order chi connectivity index (χ1) is 13.1. The summed E-state index contributed by atoms with van der Waals surface area (Å²) in [7, 11) is 0. The molecule has 1 unspecified atom stereocenters. The van der Waals surface area contributed by atoms with E-state index in [4.69, 9.17) is 11.3 Å². The highest BCUT2D eigenvalue weighted by Gasteiger charge is 2.62. The van der Waals surface area contributed by atoms with Gasteiger partial charge in [0.2, 0.25) is 0 Å². The number of allylic oxidation sites excluding steroid dienone is 2. The zero-order chi connectivity index (χ0) is 20.7. The van der Waals surface area contributed by atoms with Crippen LogP contribution in [-0.4, -0.2) is 35.0 Å². The summed E-state index contributed by atoms with van der Waals surface area (Å²) in [5.74, 6) is -0.341. The highest BCUT2D eigenvalue weighted by molar-refractivity contribution is 6.06. The van der Waals surface area contributed by atoms with Gasteiger partial charge in [-0.2, -0.15) is 18.4 Å². The Labute approximate surface area is 159 Å². The van der Waals surface area contributed by atoms with Crippen LogP contribution >= 0.6 is 0 Å². The Balaban J connectivity index is 2.40. The SMILES string of the molecule is [C-]#[N+]c1ccc2c(c1)C(COC(C)C)(C(F)(F)F)C1=CC(C#N)=CN(O)C1=N2. The molecule has 6 nitrogen and oxygen atoms in total. The first-order valence-corrected chi connectivity index (χ1v) is 8.25. The molecule has 0 saturated carbocycles. The van der Waals surface area contributed by atoms with E-state index in [1.54, 1.807) is 19.9 Å². The van der Waals surface area contributed by atoms with E-state index in [0.717, 1.165) is 18.3 Å². The molecule has 0 aromatic heterocycles. The predicted octanol–water partition coefficient (Wildman–Crippen LogP) is 4.54. The first-order valence-electron chi connectivity index (χ1n) is 8.25. The van der Waals surface area contributed by atoms with Gasteiger partial charge in [0.15, 0.2) is 11.5 Å². The third-order valence-electron chi connectivity index (χ3n) is 4.52. The molecule has 28 heavy (non-hydrogen) atoms. The van der Waals surface area contributed by atoms with E-state index in [2.05, 4.69) is 9.84 Å². The predicted molar refractivity (Wildman–Crippen MR) is 94.0 cm³/mol. The Morgan fingerprint density at radius 1 is 1.43 bits per heavy atom. The van der Waals surface area contributed by atoms with Crippen molar-refractivity contribution in [3.63, 3.8) is 0 Å². The van der Waals surface area contributed by atoms with Gasteiger partial charge in [0, 0.05) is 5.57 Å². The van der Waals surface area contributed by atoms with E-state index in [1.807, 2.05) is 0 Å². The molecule has 0 saturated heterocycles. The minimum Gasteiger partial charge on any atom is -0.377 e. The molecule has 0 bridgehead atoms. The van der Waals surface area contributed by atoms with Crippen LogP contribution in [0.4, 0.5) is 24.5 Å². The lowest BCUT2D eigenvalue weighted by atomic mass is 9.69. The number of nitriles is 1. The molecule has 2 aliphatic heterocycles. The highest BCUT2D eigenvalue weighted by Crippen LogP contribution is 2.54. The second kappa shape index (κ2) is 6.79. The molecule has 2 aliphatic rings. The minimum absolute atomic E-state index is 0.0175. The number of nitrogens with zero attached hydrogens (tertiary/aromatic N) is 4. The topological polar surface area (TPSA) is 73.2 Å². The van der Waals surface area contributed by atoms with Crippen molar-refractivity contribution in [1.82, 2.24) is 5.06 Å². The molecule has 3 rings (SSSR count). The standard InChI is InChI=1S/C19H15F3N4O2/c1-11(2)28-10-18(19(20,21)22)14-7-13(24-3)4-5-16(14)25-17-15(18)6-12(8-23)9-26(17)27/h4-7,9,11,27H,10H2,1-2H3. The molecule has 0 radical (unpaired) electrons. The van der Waals surface area contributed by atoms with Crippen molar-refractivity contribution in [2.45, 2.75) is 31.5 Å². The molecule has 144 valence electrons. The number of hydroxylamine groups is 2. The number of rotatable bonds is 3. The molecule has 2 heterocycles. The van der Waals surface area contributed by atoms with Gasteiger partial charge in [-0.15, -0.1) is 0 Å². The van der Waals surface area contributed by atoms with E-state index in [0.29, 0.717) is 5.06 Å². The van der Waals surface area contributed by atoms with Crippen LogP contribution < -0.4 is 0 Å². The van der Waals surface area contributed by atoms with Gasteiger partial charge < -0.3 is 4.74 Å². The van der Waals surface area contributed by atoms with Gasteiger partial charge in [-0.25, -0.2) is 14.9 Å². The summed E-state index contributed by atoms with van der Waals surface area (Å²) in [4.78, 5) is 7.36. The fourth-order valence-corrected chi connectivity index (χ4v) is 3.19. The number of alkyl halides is 3. The summed E-state index contributed by atoms with van der Waals surface area (Å²) < 4.78 is 49.3. The summed E-state index contributed by atoms with van der Waals surface area (Å²) in [5.41, 5.74) is -3.55. The van der Waals surface area contributed by atoms with E-state index >= 15 is 0 Å². The fourth-order valence-electron chi connectivity index (χ4n) is 3.19. The maximum absolute atomic E-state index is 14.6. The van der Waals surface area contributed by atoms with Gasteiger partial charge in [-0.3, -0.25) is 5.21 Å². The largest absolute Gasteiger partial charge is 0.404 e. The van der Waals surface area contributed by atoms with Crippen LogP contribution in [0, 0.1) is 17.9 Å². The van der Waals surface area contributed by atoms with Crippen LogP contribution in [0.2, 0.25) is 0 Å². The molecule has 1 aromatic carbocycles. The maximum Gasteiger partial charge on any atom is 0.404 e. The number of hydrogen-bond acceptors (Lipinski definition) is 5. The van der Waals surface area contributed by atoms with E-state index in [-0.39, 0.29) is 28.3 Å². The van der Waals surface area contributed by atoms with Crippen LogP contribution in [0.1, 0.15) is 19.4 Å². The summed E-state index contributed by atoms with van der Waals surface area (Å²) in [6.07, 6.45) is -3.32. The van der Waals surface area contributed by atoms with Gasteiger partial charge >= 0.3 is 6.18 Å². The average molecular weight is 388 g/mol. The molecule has 0 fully saturated rings. The van der Waals surface area contributed by atoms with E-state index in [9.17, 15) is 23.6 Å². The third kappa shape index (κ3) is 2.95. The first kappa shape index (κ1) is 19.6. The van der Waals surface area contributed by atoms with Crippen molar-refractivity contribution in [2.24, 2.45) is 4.99 Å². The number of aliphatic imine (C=N–C) groups is 1. The molecule has 1 N–H and O–H groups in total. The van der Waals surface area contributed by atoms with Gasteiger partial charge in [0.05, 0.1) is 36.7 Å². The number of amidine groups is 1. The molecule has 0 aliphatic carbocycles. The summed E-state index contributed by atoms with van der Waals surface area (Å²) >= 11 is 0. The maximum atomic E-state index is 14.6. The van der Waals surface area contributed by atoms with Gasteiger partial charge in [-0.05, 0) is 37.6 Å². The third-order valence-corrected chi connectivity index (χ3v) is 4.52. The minimum atomic E-state index is -4.86. The Kier molecular flexibility index (Phi) is 4.76. The van der Waals surface area contributed by atoms with Crippen molar-refractivity contribution < 1.29 is 23.1 Å². The van der Waals surface area contributed by atoms with Crippen LogP contribution in [0.5, 0.6) is 0 Å². The van der Waals surface area contributed by atoms with Crippen molar-refractivity contribution in [1.29, 1.82) is 5.26 Å². The molecule has 1 atom stereocenters. The lowest BCUT2D eigenvalue weighted by Gasteiger charge is -2.43. The normalized spacial score (nSPS) is 21.0. The Morgan fingerprint density at radius 2 is 2.14 bits per heavy atom. The van der Waals surface area contributed by atoms with E-state index < -0.39 is 29.9 Å². The smallest absolute Gasteiger partial charge is 0.377 e. The monoisotopic (exact) mass is 388 g/mol. The molecule has 0 spiro atoms. The molecular formula is C19H15F3N4O2. The van der Waals surface area contributed by atoms with Crippen LogP contribution in [0.3, 0.4) is 0 Å². The molecular weight excluding hydrogens is 373 g/mol. The average Bonchev–Trinajstić information content (AvgIpc) is 2.64. The number of benzene rings is 1. The summed E-state index contributed by atoms with van der Waals surface area (Å²) in [5, 5.41) is 19.8. The molecule has 1 aromatic rings. The van der Waals surface area contributed by atoms with E-state index in [1.165, 1.54) is 12.1 Å². The quantitative estimate of drug-likeness (QED) is 0.772. The van der Waals surface area contributed by atoms with Crippen molar-refractivity contribution >= 4 is 17.2 Å². The number of ether oxygens (including phenoxy) is 1. The lowest BCUT2D eigenvalue weighted by molar-refractivity contribution is -0.195. The number of fused-ring (bicyclic) bond motifs is 2. The Bertz CT molecular complexity index is 996. The lowest BCUT2D eigenvalue weighted by Crippen LogP contribution is -2.54. The Morgan fingerprint density at radius 3 is 2.71 bits per heavy atom.